The number of primary amides is 1. The highest BCUT2D eigenvalue weighted by molar-refractivity contribution is 7.89. The summed E-state index contributed by atoms with van der Waals surface area (Å²) in [6.45, 7) is 0.0237. The van der Waals surface area contributed by atoms with Gasteiger partial charge in [0.2, 0.25) is 15.9 Å². The summed E-state index contributed by atoms with van der Waals surface area (Å²) in [6, 6.07) is 10.1. The van der Waals surface area contributed by atoms with Crippen LogP contribution in [0.15, 0.2) is 47.4 Å². The number of carbonyl (C=O) groups excluding carboxylic acids is 1. The number of halogens is 2. The summed E-state index contributed by atoms with van der Waals surface area (Å²) in [4.78, 5) is 11.0. The molecule has 22 heavy (non-hydrogen) atoms. The second-order valence-electron chi connectivity index (χ2n) is 4.45. The zero-order valence-corrected chi connectivity index (χ0v) is 13.5. The molecule has 116 valence electrons. The molecule has 0 unspecified atom stereocenters. The van der Waals surface area contributed by atoms with Gasteiger partial charge in [0.1, 0.15) is 0 Å². The van der Waals surface area contributed by atoms with Crippen molar-refractivity contribution < 1.29 is 13.2 Å². The highest BCUT2D eigenvalue weighted by atomic mass is 35.5. The van der Waals surface area contributed by atoms with Crippen molar-refractivity contribution in [2.45, 2.75) is 11.4 Å². The van der Waals surface area contributed by atoms with E-state index in [1.807, 2.05) is 0 Å². The zero-order chi connectivity index (χ0) is 16.3. The van der Waals surface area contributed by atoms with E-state index in [9.17, 15) is 13.2 Å². The molecule has 0 aliphatic heterocycles. The molecule has 1 amide bonds. The van der Waals surface area contributed by atoms with Crippen molar-refractivity contribution in [3.8, 4) is 0 Å². The minimum Gasteiger partial charge on any atom is -0.366 e. The zero-order valence-electron chi connectivity index (χ0n) is 11.2. The van der Waals surface area contributed by atoms with Crippen LogP contribution in [-0.4, -0.2) is 14.3 Å². The SMILES string of the molecule is NC(=O)c1ccc(S(=O)(=O)NCc2ccc(Cl)cc2Cl)cc1. The maximum atomic E-state index is 12.2. The predicted octanol–water partition coefficient (Wildman–Crippen LogP) is 2.57. The molecule has 0 aromatic heterocycles. The van der Waals surface area contributed by atoms with Crippen LogP contribution in [0.2, 0.25) is 10.0 Å². The Balaban J connectivity index is 2.15. The van der Waals surface area contributed by atoms with Gasteiger partial charge in [-0.1, -0.05) is 29.3 Å². The Bertz CT molecular complexity index is 805. The molecular weight excluding hydrogens is 347 g/mol. The minimum absolute atomic E-state index is 0.0237. The van der Waals surface area contributed by atoms with E-state index in [-0.39, 0.29) is 17.0 Å². The first kappa shape index (κ1) is 16.8. The summed E-state index contributed by atoms with van der Waals surface area (Å²) in [7, 11) is -3.72. The summed E-state index contributed by atoms with van der Waals surface area (Å²) in [5.41, 5.74) is 5.94. The van der Waals surface area contributed by atoms with E-state index in [2.05, 4.69) is 4.72 Å². The van der Waals surface area contributed by atoms with E-state index in [1.54, 1.807) is 12.1 Å². The molecule has 0 saturated carbocycles. The Morgan fingerprint density at radius 1 is 1.09 bits per heavy atom. The smallest absolute Gasteiger partial charge is 0.248 e. The first-order valence-corrected chi connectivity index (χ1v) is 8.37. The third-order valence-electron chi connectivity index (χ3n) is 2.92. The lowest BCUT2D eigenvalue weighted by Crippen LogP contribution is -2.23. The largest absolute Gasteiger partial charge is 0.366 e. The van der Waals surface area contributed by atoms with Gasteiger partial charge < -0.3 is 5.73 Å². The summed E-state index contributed by atoms with van der Waals surface area (Å²) < 4.78 is 26.8. The number of rotatable bonds is 5. The molecule has 0 saturated heterocycles. The second-order valence-corrected chi connectivity index (χ2v) is 7.06. The van der Waals surface area contributed by atoms with Crippen LogP contribution in [0.5, 0.6) is 0 Å². The lowest BCUT2D eigenvalue weighted by atomic mass is 10.2. The molecule has 0 spiro atoms. The number of hydrogen-bond donors (Lipinski definition) is 2. The standard InChI is InChI=1S/C14H12Cl2N2O3S/c15-11-4-1-10(13(16)7-11)8-18-22(20,21)12-5-2-9(3-6-12)14(17)19/h1-7,18H,8H2,(H2,17,19). The molecule has 0 bridgehead atoms. The highest BCUT2D eigenvalue weighted by Crippen LogP contribution is 2.21. The lowest BCUT2D eigenvalue weighted by Gasteiger charge is -2.09. The van der Waals surface area contributed by atoms with Crippen LogP contribution in [0.25, 0.3) is 0 Å². The fraction of sp³-hybridized carbons (Fsp3) is 0.0714. The number of amides is 1. The van der Waals surface area contributed by atoms with Crippen molar-refractivity contribution in [1.82, 2.24) is 4.72 Å². The first-order valence-electron chi connectivity index (χ1n) is 6.13. The van der Waals surface area contributed by atoms with E-state index in [1.165, 1.54) is 30.3 Å². The van der Waals surface area contributed by atoms with Gasteiger partial charge in [-0.3, -0.25) is 4.79 Å². The minimum atomic E-state index is -3.72. The van der Waals surface area contributed by atoms with Crippen molar-refractivity contribution in [1.29, 1.82) is 0 Å². The van der Waals surface area contributed by atoms with E-state index in [4.69, 9.17) is 28.9 Å². The number of nitrogens with two attached hydrogens (primary N) is 1. The van der Waals surface area contributed by atoms with Gasteiger partial charge in [-0.25, -0.2) is 13.1 Å². The molecule has 0 fully saturated rings. The summed E-state index contributed by atoms with van der Waals surface area (Å²) in [5.74, 6) is -0.621. The third-order valence-corrected chi connectivity index (χ3v) is 4.92. The fourth-order valence-electron chi connectivity index (χ4n) is 1.72. The van der Waals surface area contributed by atoms with Crippen molar-refractivity contribution in [3.05, 3.63) is 63.6 Å². The van der Waals surface area contributed by atoms with Crippen LogP contribution in [0, 0.1) is 0 Å². The van der Waals surface area contributed by atoms with Crippen LogP contribution in [0.1, 0.15) is 15.9 Å². The van der Waals surface area contributed by atoms with Crippen molar-refractivity contribution in [3.63, 3.8) is 0 Å². The van der Waals surface area contributed by atoms with E-state index in [0.29, 0.717) is 15.6 Å². The second kappa shape index (κ2) is 6.66. The first-order chi connectivity index (χ1) is 10.3. The van der Waals surface area contributed by atoms with E-state index < -0.39 is 15.9 Å². The van der Waals surface area contributed by atoms with Crippen LogP contribution in [0.4, 0.5) is 0 Å². The fourth-order valence-corrected chi connectivity index (χ4v) is 3.20. The monoisotopic (exact) mass is 358 g/mol. The Kier molecular flexibility index (Phi) is 5.08. The van der Waals surface area contributed by atoms with E-state index in [0.717, 1.165) is 0 Å². The van der Waals surface area contributed by atoms with Crippen LogP contribution >= 0.6 is 23.2 Å². The predicted molar refractivity (Wildman–Crippen MR) is 85.4 cm³/mol. The van der Waals surface area contributed by atoms with E-state index >= 15 is 0 Å². The summed E-state index contributed by atoms with van der Waals surface area (Å²) in [5, 5.41) is 0.845. The van der Waals surface area contributed by atoms with Crippen LogP contribution < -0.4 is 10.5 Å². The van der Waals surface area contributed by atoms with Gasteiger partial charge in [0.15, 0.2) is 0 Å². The molecule has 2 aromatic rings. The number of carbonyl (C=O) groups is 1. The Hall–Kier alpha value is -1.60. The molecule has 0 aliphatic carbocycles. The molecule has 2 rings (SSSR count). The van der Waals surface area contributed by atoms with Gasteiger partial charge in [-0.2, -0.15) is 0 Å². The Morgan fingerprint density at radius 3 is 2.27 bits per heavy atom. The molecule has 0 radical (unpaired) electrons. The van der Waals surface area contributed by atoms with Gasteiger partial charge in [-0.05, 0) is 42.0 Å². The summed E-state index contributed by atoms with van der Waals surface area (Å²) in [6.07, 6.45) is 0. The number of sulfonamides is 1. The van der Waals surface area contributed by atoms with Crippen molar-refractivity contribution in [2.75, 3.05) is 0 Å². The molecule has 8 heteroatoms. The van der Waals surface area contributed by atoms with Gasteiger partial charge >= 0.3 is 0 Å². The molecule has 0 aliphatic rings. The maximum Gasteiger partial charge on any atom is 0.248 e. The Labute approximate surface area is 138 Å². The summed E-state index contributed by atoms with van der Waals surface area (Å²) >= 11 is 11.8. The number of benzene rings is 2. The molecule has 0 heterocycles. The lowest BCUT2D eigenvalue weighted by molar-refractivity contribution is 0.1000. The quantitative estimate of drug-likeness (QED) is 0.860. The third kappa shape index (κ3) is 3.98. The topological polar surface area (TPSA) is 89.3 Å². The van der Waals surface area contributed by atoms with Crippen LogP contribution in [0.3, 0.4) is 0 Å². The highest BCUT2D eigenvalue weighted by Gasteiger charge is 2.15. The average molecular weight is 359 g/mol. The molecule has 2 aromatic carbocycles. The molecular formula is C14H12Cl2N2O3S. The van der Waals surface area contributed by atoms with Gasteiger partial charge in [0.05, 0.1) is 4.90 Å². The maximum absolute atomic E-state index is 12.2. The normalized spacial score (nSPS) is 11.4. The van der Waals surface area contributed by atoms with Gasteiger partial charge in [0.25, 0.3) is 0 Å². The van der Waals surface area contributed by atoms with Gasteiger partial charge in [-0.15, -0.1) is 0 Å². The Morgan fingerprint density at radius 2 is 1.73 bits per heavy atom. The number of nitrogens with one attached hydrogen (secondary N) is 1. The van der Waals surface area contributed by atoms with Crippen molar-refractivity contribution in [2.24, 2.45) is 5.73 Å². The van der Waals surface area contributed by atoms with Gasteiger partial charge in [0, 0.05) is 22.2 Å². The average Bonchev–Trinajstić information content (AvgIpc) is 2.46. The molecule has 3 N–H and O–H groups in total. The van der Waals surface area contributed by atoms with Crippen molar-refractivity contribution >= 4 is 39.1 Å². The molecule has 5 nitrogen and oxygen atoms in total. The van der Waals surface area contributed by atoms with Crippen LogP contribution in [-0.2, 0) is 16.6 Å². The number of hydrogen-bond acceptors (Lipinski definition) is 3. The molecule has 0 atom stereocenters.